The number of nitrogens with one attached hydrogen (secondary N) is 2. The molecule has 9 nitrogen and oxygen atoms in total. The van der Waals surface area contributed by atoms with Gasteiger partial charge in [0.25, 0.3) is 0 Å². The average Bonchev–Trinajstić information content (AvgIpc) is 3.32. The summed E-state index contributed by atoms with van der Waals surface area (Å²) in [5.41, 5.74) is 3.05. The molecule has 2 aromatic carbocycles. The molecule has 0 saturated carbocycles. The Morgan fingerprint density at radius 3 is 2.38 bits per heavy atom. The second-order valence-corrected chi connectivity index (χ2v) is 10.5. The van der Waals surface area contributed by atoms with Gasteiger partial charge in [0.15, 0.2) is 0 Å². The number of methoxy groups -OCH3 is 2. The van der Waals surface area contributed by atoms with Crippen molar-refractivity contribution in [3.05, 3.63) is 59.8 Å². The molecular formula is C30H41N5O4. The van der Waals surface area contributed by atoms with E-state index in [0.717, 1.165) is 36.2 Å². The Morgan fingerprint density at radius 1 is 1.00 bits per heavy atom. The van der Waals surface area contributed by atoms with Crippen molar-refractivity contribution in [1.29, 1.82) is 0 Å². The monoisotopic (exact) mass is 535 g/mol. The van der Waals surface area contributed by atoms with Gasteiger partial charge >= 0.3 is 6.03 Å². The van der Waals surface area contributed by atoms with Crippen LogP contribution < -0.4 is 20.1 Å². The SMILES string of the molecule is CCCCCN(CC(=O)Nc1cc(C(C)(C)C)nn1-c1ccccc1C)C(=O)Nc1ccc(OC)cc1OC. The minimum absolute atomic E-state index is 0.113. The Kier molecular flexibility index (Phi) is 9.98. The number of carbonyl (C=O) groups is 2. The molecular weight excluding hydrogens is 494 g/mol. The van der Waals surface area contributed by atoms with Crippen molar-refractivity contribution in [3.63, 3.8) is 0 Å². The third-order valence-corrected chi connectivity index (χ3v) is 6.39. The largest absolute Gasteiger partial charge is 0.497 e. The zero-order valence-electron chi connectivity index (χ0n) is 24.1. The molecule has 3 rings (SSSR count). The second kappa shape index (κ2) is 13.2. The molecule has 0 spiro atoms. The highest BCUT2D eigenvalue weighted by atomic mass is 16.5. The highest BCUT2D eigenvalue weighted by molar-refractivity contribution is 5.97. The van der Waals surface area contributed by atoms with Crippen molar-refractivity contribution in [2.75, 3.05) is 37.9 Å². The van der Waals surface area contributed by atoms with Crippen LogP contribution in [0, 0.1) is 6.92 Å². The minimum Gasteiger partial charge on any atom is -0.497 e. The number of para-hydroxylation sites is 1. The number of ether oxygens (including phenoxy) is 2. The van der Waals surface area contributed by atoms with Gasteiger partial charge in [0.1, 0.15) is 23.9 Å². The minimum atomic E-state index is -0.382. The first-order chi connectivity index (χ1) is 18.6. The topological polar surface area (TPSA) is 97.7 Å². The van der Waals surface area contributed by atoms with Gasteiger partial charge in [0.2, 0.25) is 5.91 Å². The van der Waals surface area contributed by atoms with Crippen LogP contribution in [0.15, 0.2) is 48.5 Å². The maximum absolute atomic E-state index is 13.3. The van der Waals surface area contributed by atoms with Gasteiger partial charge in [-0.15, -0.1) is 0 Å². The van der Waals surface area contributed by atoms with Gasteiger partial charge in [0.05, 0.1) is 31.3 Å². The van der Waals surface area contributed by atoms with E-state index in [1.165, 1.54) is 12.0 Å². The molecule has 0 unspecified atom stereocenters. The summed E-state index contributed by atoms with van der Waals surface area (Å²) < 4.78 is 12.4. The molecule has 210 valence electrons. The lowest BCUT2D eigenvalue weighted by Crippen LogP contribution is -2.41. The fraction of sp³-hybridized carbons (Fsp3) is 0.433. The molecule has 3 aromatic rings. The lowest BCUT2D eigenvalue weighted by molar-refractivity contribution is -0.116. The van der Waals surface area contributed by atoms with Gasteiger partial charge in [-0.1, -0.05) is 58.7 Å². The summed E-state index contributed by atoms with van der Waals surface area (Å²) in [6.07, 6.45) is 2.73. The number of rotatable bonds is 11. The first-order valence-electron chi connectivity index (χ1n) is 13.3. The van der Waals surface area contributed by atoms with Crippen molar-refractivity contribution in [3.8, 4) is 17.2 Å². The number of unbranched alkanes of at least 4 members (excludes halogenated alkanes) is 2. The van der Waals surface area contributed by atoms with E-state index in [0.29, 0.717) is 29.5 Å². The van der Waals surface area contributed by atoms with Gasteiger partial charge in [-0.3, -0.25) is 4.79 Å². The van der Waals surface area contributed by atoms with Crippen LogP contribution in [0.5, 0.6) is 11.5 Å². The highest BCUT2D eigenvalue weighted by Crippen LogP contribution is 2.30. The number of carbonyl (C=O) groups excluding carboxylic acids is 2. The molecule has 0 fully saturated rings. The maximum Gasteiger partial charge on any atom is 0.322 e. The molecule has 1 aromatic heterocycles. The predicted octanol–water partition coefficient (Wildman–Crippen LogP) is 6.16. The van der Waals surface area contributed by atoms with Crippen LogP contribution in [-0.4, -0.2) is 53.9 Å². The van der Waals surface area contributed by atoms with E-state index >= 15 is 0 Å². The van der Waals surface area contributed by atoms with Crippen LogP contribution in [0.4, 0.5) is 16.3 Å². The van der Waals surface area contributed by atoms with Gasteiger partial charge in [-0.25, -0.2) is 9.48 Å². The molecule has 0 radical (unpaired) electrons. The van der Waals surface area contributed by atoms with Crippen molar-refractivity contribution in [1.82, 2.24) is 14.7 Å². The Labute approximate surface area is 231 Å². The fourth-order valence-electron chi connectivity index (χ4n) is 4.08. The Hall–Kier alpha value is -4.01. The number of aromatic nitrogens is 2. The summed E-state index contributed by atoms with van der Waals surface area (Å²) in [5, 5.41) is 10.7. The first-order valence-corrected chi connectivity index (χ1v) is 13.3. The normalized spacial score (nSPS) is 11.2. The van der Waals surface area contributed by atoms with Crippen molar-refractivity contribution in [2.45, 2.75) is 59.3 Å². The first kappa shape index (κ1) is 29.5. The number of aryl methyl sites for hydroxylation is 1. The Balaban J connectivity index is 1.83. The molecule has 0 saturated heterocycles. The summed E-state index contributed by atoms with van der Waals surface area (Å²) in [6, 6.07) is 14.6. The third kappa shape index (κ3) is 7.75. The molecule has 0 aliphatic heterocycles. The lowest BCUT2D eigenvalue weighted by Gasteiger charge is -2.23. The molecule has 9 heteroatoms. The molecule has 3 amide bonds. The van der Waals surface area contributed by atoms with E-state index < -0.39 is 0 Å². The molecule has 2 N–H and O–H groups in total. The number of amides is 3. The fourth-order valence-corrected chi connectivity index (χ4v) is 4.08. The number of benzene rings is 2. The summed E-state index contributed by atoms with van der Waals surface area (Å²) >= 11 is 0. The lowest BCUT2D eigenvalue weighted by atomic mass is 9.92. The molecule has 0 bridgehead atoms. The van der Waals surface area contributed by atoms with Crippen LogP contribution in [0.3, 0.4) is 0 Å². The van der Waals surface area contributed by atoms with Crippen LogP contribution in [-0.2, 0) is 10.2 Å². The number of anilines is 2. The standard InChI is InChI=1S/C30H41N5O4/c1-8-9-12-17-34(29(37)31-23-16-15-22(38-6)18-25(23)39-7)20-28(36)32-27-19-26(30(3,4)5)33-35(27)24-14-11-10-13-21(24)2/h10-11,13-16,18-19H,8-9,12,17,20H2,1-7H3,(H,31,37)(H,32,36). The van der Waals surface area contributed by atoms with Crippen LogP contribution in [0.1, 0.15) is 58.2 Å². The average molecular weight is 536 g/mol. The zero-order chi connectivity index (χ0) is 28.6. The molecule has 39 heavy (non-hydrogen) atoms. The quantitative estimate of drug-likeness (QED) is 0.287. The molecule has 0 aliphatic carbocycles. The number of hydrogen-bond donors (Lipinski definition) is 2. The van der Waals surface area contributed by atoms with Crippen molar-refractivity contribution in [2.24, 2.45) is 0 Å². The van der Waals surface area contributed by atoms with Crippen LogP contribution >= 0.6 is 0 Å². The number of hydrogen-bond acceptors (Lipinski definition) is 5. The molecule has 0 aliphatic rings. The summed E-state index contributed by atoms with van der Waals surface area (Å²) in [7, 11) is 3.09. The van der Waals surface area contributed by atoms with E-state index in [2.05, 4.69) is 38.3 Å². The van der Waals surface area contributed by atoms with Crippen LogP contribution in [0.25, 0.3) is 5.69 Å². The second-order valence-electron chi connectivity index (χ2n) is 10.5. The number of nitrogens with zero attached hydrogens (tertiary/aromatic N) is 3. The zero-order valence-corrected chi connectivity index (χ0v) is 24.1. The third-order valence-electron chi connectivity index (χ3n) is 6.39. The Morgan fingerprint density at radius 2 is 1.74 bits per heavy atom. The van der Waals surface area contributed by atoms with E-state index in [1.54, 1.807) is 30.0 Å². The van der Waals surface area contributed by atoms with Crippen molar-refractivity contribution >= 4 is 23.4 Å². The van der Waals surface area contributed by atoms with Crippen molar-refractivity contribution < 1.29 is 19.1 Å². The molecule has 1 heterocycles. The summed E-state index contributed by atoms with van der Waals surface area (Å²) in [6.45, 7) is 10.7. The van der Waals surface area contributed by atoms with Gasteiger partial charge in [0, 0.05) is 24.1 Å². The maximum atomic E-state index is 13.3. The highest BCUT2D eigenvalue weighted by Gasteiger charge is 2.24. The predicted molar refractivity (Wildman–Crippen MR) is 155 cm³/mol. The van der Waals surface area contributed by atoms with E-state index in [4.69, 9.17) is 14.6 Å². The van der Waals surface area contributed by atoms with E-state index in [1.807, 2.05) is 37.3 Å². The Bertz CT molecular complexity index is 1280. The van der Waals surface area contributed by atoms with Gasteiger partial charge in [-0.05, 0) is 37.1 Å². The van der Waals surface area contributed by atoms with Gasteiger partial charge in [-0.2, -0.15) is 5.10 Å². The van der Waals surface area contributed by atoms with E-state index in [9.17, 15) is 9.59 Å². The molecule has 0 atom stereocenters. The van der Waals surface area contributed by atoms with Crippen LogP contribution in [0.2, 0.25) is 0 Å². The van der Waals surface area contributed by atoms with E-state index in [-0.39, 0.29) is 23.9 Å². The smallest absolute Gasteiger partial charge is 0.322 e. The summed E-state index contributed by atoms with van der Waals surface area (Å²) in [4.78, 5) is 28.2. The van der Waals surface area contributed by atoms with Gasteiger partial charge < -0.3 is 25.0 Å². The summed E-state index contributed by atoms with van der Waals surface area (Å²) in [5.74, 6) is 1.34. The number of urea groups is 1.